The molecule has 0 atom stereocenters. The molecule has 0 radical (unpaired) electrons. The van der Waals surface area contributed by atoms with Gasteiger partial charge in [0, 0.05) is 5.56 Å². The molecule has 1 aromatic rings. The van der Waals surface area contributed by atoms with E-state index < -0.39 is 34.7 Å². The van der Waals surface area contributed by atoms with Gasteiger partial charge in [0.05, 0.1) is 22.8 Å². The van der Waals surface area contributed by atoms with E-state index in [-0.39, 0.29) is 5.69 Å². The number of anilines is 2. The standard InChI is InChI=1S/C9H8ClF3N2O/c10-3-6(16)4-1-2-5(14)8(15)7(4)9(11,12)13/h1-2H,3,14-15H2. The average molecular weight is 253 g/mol. The molecule has 1 rings (SSSR count). The van der Waals surface area contributed by atoms with Gasteiger partial charge in [-0.3, -0.25) is 4.79 Å². The van der Waals surface area contributed by atoms with E-state index in [0.717, 1.165) is 12.1 Å². The Hall–Kier alpha value is -1.43. The van der Waals surface area contributed by atoms with Gasteiger partial charge in [0.1, 0.15) is 0 Å². The highest BCUT2D eigenvalue weighted by Gasteiger charge is 2.38. The predicted molar refractivity (Wildman–Crippen MR) is 55.3 cm³/mol. The fourth-order valence-corrected chi connectivity index (χ4v) is 1.39. The quantitative estimate of drug-likeness (QED) is 0.482. The number of hydrogen-bond acceptors (Lipinski definition) is 3. The van der Waals surface area contributed by atoms with Crippen molar-refractivity contribution in [3.8, 4) is 0 Å². The van der Waals surface area contributed by atoms with Crippen LogP contribution in [0.2, 0.25) is 0 Å². The molecule has 0 heterocycles. The highest BCUT2D eigenvalue weighted by Crippen LogP contribution is 2.38. The second-order valence-electron chi connectivity index (χ2n) is 3.05. The summed E-state index contributed by atoms with van der Waals surface area (Å²) in [5.74, 6) is -1.40. The number of nitrogens with two attached hydrogens (primary N) is 2. The second-order valence-corrected chi connectivity index (χ2v) is 3.31. The lowest BCUT2D eigenvalue weighted by Crippen LogP contribution is -2.17. The molecule has 7 heteroatoms. The number of hydrogen-bond donors (Lipinski definition) is 2. The van der Waals surface area contributed by atoms with Gasteiger partial charge in [-0.25, -0.2) is 0 Å². The van der Waals surface area contributed by atoms with Crippen LogP contribution in [-0.2, 0) is 6.18 Å². The maximum Gasteiger partial charge on any atom is 0.419 e. The van der Waals surface area contributed by atoms with Crippen LogP contribution in [0.1, 0.15) is 15.9 Å². The van der Waals surface area contributed by atoms with Crippen LogP contribution < -0.4 is 11.5 Å². The van der Waals surface area contributed by atoms with Gasteiger partial charge in [0.2, 0.25) is 0 Å². The molecule has 0 saturated heterocycles. The number of rotatable bonds is 2. The molecule has 0 aromatic heterocycles. The Kier molecular flexibility index (Phi) is 3.32. The van der Waals surface area contributed by atoms with Crippen LogP contribution in [0.15, 0.2) is 12.1 Å². The molecule has 16 heavy (non-hydrogen) atoms. The smallest absolute Gasteiger partial charge is 0.397 e. The Bertz CT molecular complexity index is 431. The maximum absolute atomic E-state index is 12.7. The Labute approximate surface area is 94.2 Å². The van der Waals surface area contributed by atoms with Crippen LogP contribution in [0.25, 0.3) is 0 Å². The summed E-state index contributed by atoms with van der Waals surface area (Å²) in [6, 6.07) is 2.11. The van der Waals surface area contributed by atoms with Crippen molar-refractivity contribution in [1.29, 1.82) is 0 Å². The van der Waals surface area contributed by atoms with Crippen molar-refractivity contribution in [3.05, 3.63) is 23.3 Å². The number of nitrogen functional groups attached to an aromatic ring is 2. The third-order valence-electron chi connectivity index (χ3n) is 1.98. The number of carbonyl (C=O) groups excluding carboxylic acids is 1. The molecule has 4 N–H and O–H groups in total. The van der Waals surface area contributed by atoms with Crippen LogP contribution in [0, 0.1) is 0 Å². The number of ketones is 1. The summed E-state index contributed by atoms with van der Waals surface area (Å²) in [5.41, 5.74) is 7.82. The fourth-order valence-electron chi connectivity index (χ4n) is 1.25. The van der Waals surface area contributed by atoms with Crippen molar-refractivity contribution in [2.24, 2.45) is 0 Å². The molecule has 0 saturated carbocycles. The van der Waals surface area contributed by atoms with Crippen LogP contribution in [-0.4, -0.2) is 11.7 Å². The van der Waals surface area contributed by atoms with Crippen LogP contribution in [0.4, 0.5) is 24.5 Å². The molecule has 0 aliphatic rings. The Balaban J connectivity index is 3.52. The van der Waals surface area contributed by atoms with Crippen molar-refractivity contribution in [1.82, 2.24) is 0 Å². The summed E-state index contributed by atoms with van der Waals surface area (Å²) in [5, 5.41) is 0. The molecule has 0 aliphatic heterocycles. The highest BCUT2D eigenvalue weighted by atomic mass is 35.5. The van der Waals surface area contributed by atoms with E-state index in [0.29, 0.717) is 0 Å². The molecule has 0 unspecified atom stereocenters. The van der Waals surface area contributed by atoms with Crippen molar-refractivity contribution < 1.29 is 18.0 Å². The van der Waals surface area contributed by atoms with E-state index in [9.17, 15) is 18.0 Å². The van der Waals surface area contributed by atoms with E-state index >= 15 is 0 Å². The Morgan fingerprint density at radius 1 is 1.31 bits per heavy atom. The van der Waals surface area contributed by atoms with E-state index in [1.807, 2.05) is 0 Å². The minimum atomic E-state index is -4.74. The van der Waals surface area contributed by atoms with Gasteiger partial charge in [-0.15, -0.1) is 11.6 Å². The van der Waals surface area contributed by atoms with E-state index in [1.54, 1.807) is 0 Å². The van der Waals surface area contributed by atoms with Crippen LogP contribution in [0.3, 0.4) is 0 Å². The molecule has 1 aromatic carbocycles. The van der Waals surface area contributed by atoms with Gasteiger partial charge >= 0.3 is 6.18 Å². The van der Waals surface area contributed by atoms with E-state index in [2.05, 4.69) is 0 Å². The summed E-state index contributed by atoms with van der Waals surface area (Å²) < 4.78 is 38.0. The number of halogens is 4. The van der Waals surface area contributed by atoms with Gasteiger partial charge in [0.25, 0.3) is 0 Å². The monoisotopic (exact) mass is 252 g/mol. The van der Waals surface area contributed by atoms with E-state index in [4.69, 9.17) is 23.1 Å². The maximum atomic E-state index is 12.7. The Morgan fingerprint density at radius 3 is 2.31 bits per heavy atom. The number of benzene rings is 1. The molecule has 0 spiro atoms. The zero-order valence-corrected chi connectivity index (χ0v) is 8.69. The molecular formula is C9H8ClF3N2O. The lowest BCUT2D eigenvalue weighted by Gasteiger charge is -2.15. The first-order valence-corrected chi connectivity index (χ1v) is 4.66. The SMILES string of the molecule is Nc1ccc(C(=O)CCl)c(C(F)(F)F)c1N. The Morgan fingerprint density at radius 2 is 1.88 bits per heavy atom. The first-order chi connectivity index (χ1) is 7.29. The minimum absolute atomic E-state index is 0.224. The molecule has 0 fully saturated rings. The lowest BCUT2D eigenvalue weighted by atomic mass is 10.0. The van der Waals surface area contributed by atoms with Crippen molar-refractivity contribution in [3.63, 3.8) is 0 Å². The predicted octanol–water partition coefficient (Wildman–Crippen LogP) is 2.29. The summed E-state index contributed by atoms with van der Waals surface area (Å²) in [7, 11) is 0. The number of carbonyl (C=O) groups is 1. The van der Waals surface area contributed by atoms with Gasteiger partial charge < -0.3 is 11.5 Å². The normalized spacial score (nSPS) is 11.5. The van der Waals surface area contributed by atoms with Crippen LogP contribution in [0.5, 0.6) is 0 Å². The number of Topliss-reactive ketones (excluding diaryl/α,β-unsaturated/α-hetero) is 1. The van der Waals surface area contributed by atoms with Gasteiger partial charge in [-0.05, 0) is 12.1 Å². The van der Waals surface area contributed by atoms with Gasteiger partial charge in [-0.1, -0.05) is 0 Å². The van der Waals surface area contributed by atoms with Crippen molar-refractivity contribution in [2.45, 2.75) is 6.18 Å². The second kappa shape index (κ2) is 4.21. The first-order valence-electron chi connectivity index (χ1n) is 4.13. The molecule has 0 amide bonds. The van der Waals surface area contributed by atoms with Crippen LogP contribution >= 0.6 is 11.6 Å². The van der Waals surface area contributed by atoms with E-state index in [1.165, 1.54) is 0 Å². The summed E-state index contributed by atoms with van der Waals surface area (Å²) in [6.07, 6.45) is -4.74. The van der Waals surface area contributed by atoms with Crippen molar-refractivity contribution in [2.75, 3.05) is 17.3 Å². The summed E-state index contributed by atoms with van der Waals surface area (Å²) >= 11 is 5.21. The number of alkyl halides is 4. The average Bonchev–Trinajstić information content (AvgIpc) is 2.18. The molecule has 88 valence electrons. The zero-order valence-electron chi connectivity index (χ0n) is 7.94. The van der Waals surface area contributed by atoms with Gasteiger partial charge in [0.15, 0.2) is 5.78 Å². The molecule has 3 nitrogen and oxygen atoms in total. The third kappa shape index (κ3) is 2.21. The minimum Gasteiger partial charge on any atom is -0.397 e. The first kappa shape index (κ1) is 12.6. The van der Waals surface area contributed by atoms with Gasteiger partial charge in [-0.2, -0.15) is 13.2 Å². The largest absolute Gasteiger partial charge is 0.419 e. The topological polar surface area (TPSA) is 69.1 Å². The third-order valence-corrected chi connectivity index (χ3v) is 2.23. The lowest BCUT2D eigenvalue weighted by molar-refractivity contribution is -0.137. The molecule has 0 aliphatic carbocycles. The van der Waals surface area contributed by atoms with Crippen molar-refractivity contribution >= 4 is 28.8 Å². The fraction of sp³-hybridized carbons (Fsp3) is 0.222. The molecule has 0 bridgehead atoms. The molecular weight excluding hydrogens is 245 g/mol. The summed E-state index contributed by atoms with van der Waals surface area (Å²) in [4.78, 5) is 11.2. The summed E-state index contributed by atoms with van der Waals surface area (Å²) in [6.45, 7) is 0. The zero-order chi connectivity index (χ0) is 12.5. The highest BCUT2D eigenvalue weighted by molar-refractivity contribution is 6.30.